The number of nitrogens with zero attached hydrogens (tertiary/aromatic N) is 2. The molecule has 2 heterocycles. The minimum absolute atomic E-state index is 0.211. The van der Waals surface area contributed by atoms with Crippen LogP contribution in [0.25, 0.3) is 22.2 Å². The lowest BCUT2D eigenvalue weighted by atomic mass is 10.1. The van der Waals surface area contributed by atoms with Crippen molar-refractivity contribution >= 4 is 34.0 Å². The SMILES string of the molecule is NCc1ccc(-c2ccc3ncnc(Nc4ccc(OCc5cccc(F)c5)c(Cl)c4)c3c2)o1. The maximum absolute atomic E-state index is 13.4. The first-order valence-electron chi connectivity index (χ1n) is 10.6. The molecule has 34 heavy (non-hydrogen) atoms. The molecule has 0 amide bonds. The summed E-state index contributed by atoms with van der Waals surface area (Å²) < 4.78 is 24.9. The molecule has 0 aliphatic rings. The van der Waals surface area contributed by atoms with Crippen LogP contribution in [0.2, 0.25) is 5.02 Å². The van der Waals surface area contributed by atoms with Gasteiger partial charge in [-0.15, -0.1) is 0 Å². The smallest absolute Gasteiger partial charge is 0.141 e. The van der Waals surface area contributed by atoms with E-state index in [9.17, 15) is 4.39 Å². The number of hydrogen-bond acceptors (Lipinski definition) is 6. The summed E-state index contributed by atoms with van der Waals surface area (Å²) >= 11 is 6.44. The lowest BCUT2D eigenvalue weighted by Crippen LogP contribution is -1.99. The van der Waals surface area contributed by atoms with Crippen molar-refractivity contribution in [3.63, 3.8) is 0 Å². The molecule has 170 valence electrons. The summed E-state index contributed by atoms with van der Waals surface area (Å²) in [5, 5.41) is 4.55. The lowest BCUT2D eigenvalue weighted by molar-refractivity contribution is 0.306. The van der Waals surface area contributed by atoms with Crippen molar-refractivity contribution < 1.29 is 13.5 Å². The number of nitrogens with two attached hydrogens (primary N) is 1. The zero-order chi connectivity index (χ0) is 23.5. The zero-order valence-corrected chi connectivity index (χ0v) is 18.7. The average molecular weight is 475 g/mol. The molecular weight excluding hydrogens is 455 g/mol. The monoisotopic (exact) mass is 474 g/mol. The molecule has 0 aliphatic heterocycles. The second-order valence-corrected chi connectivity index (χ2v) is 8.02. The van der Waals surface area contributed by atoms with Crippen LogP contribution in [0.3, 0.4) is 0 Å². The maximum atomic E-state index is 13.4. The number of nitrogens with one attached hydrogen (secondary N) is 1. The summed E-state index contributed by atoms with van der Waals surface area (Å²) in [6.07, 6.45) is 1.50. The quantitative estimate of drug-likeness (QED) is 0.281. The number of furan rings is 1. The molecule has 0 unspecified atom stereocenters. The number of anilines is 2. The van der Waals surface area contributed by atoms with Crippen molar-refractivity contribution in [2.75, 3.05) is 5.32 Å². The highest BCUT2D eigenvalue weighted by atomic mass is 35.5. The number of ether oxygens (including phenoxy) is 1. The van der Waals surface area contributed by atoms with Gasteiger partial charge in [0.25, 0.3) is 0 Å². The van der Waals surface area contributed by atoms with Gasteiger partial charge in [-0.2, -0.15) is 0 Å². The van der Waals surface area contributed by atoms with Crippen molar-refractivity contribution in [1.29, 1.82) is 0 Å². The number of halogens is 2. The maximum Gasteiger partial charge on any atom is 0.141 e. The normalized spacial score (nSPS) is 11.0. The van der Waals surface area contributed by atoms with Gasteiger partial charge in [0.2, 0.25) is 0 Å². The van der Waals surface area contributed by atoms with Crippen LogP contribution in [0.15, 0.2) is 83.5 Å². The fraction of sp³-hybridized carbons (Fsp3) is 0.0769. The summed E-state index contributed by atoms with van der Waals surface area (Å²) in [6, 6.07) is 21.2. The predicted octanol–water partition coefficient (Wildman–Crippen LogP) is 6.46. The summed E-state index contributed by atoms with van der Waals surface area (Å²) in [6.45, 7) is 0.550. The highest BCUT2D eigenvalue weighted by Gasteiger charge is 2.11. The van der Waals surface area contributed by atoms with Crippen LogP contribution in [0.4, 0.5) is 15.9 Å². The third-order valence-corrected chi connectivity index (χ3v) is 5.56. The van der Waals surface area contributed by atoms with Crippen LogP contribution in [0, 0.1) is 5.82 Å². The van der Waals surface area contributed by atoms with Crippen LogP contribution >= 0.6 is 11.6 Å². The molecule has 0 bridgehead atoms. The van der Waals surface area contributed by atoms with E-state index in [-0.39, 0.29) is 12.4 Å². The van der Waals surface area contributed by atoms with Gasteiger partial charge in [0.05, 0.1) is 17.1 Å². The minimum Gasteiger partial charge on any atom is -0.487 e. The number of hydrogen-bond donors (Lipinski definition) is 2. The van der Waals surface area contributed by atoms with E-state index in [1.54, 1.807) is 24.3 Å². The summed E-state index contributed by atoms with van der Waals surface area (Å²) in [4.78, 5) is 8.77. The molecule has 3 N–H and O–H groups in total. The standard InChI is InChI=1S/C26H20ClFN4O2/c27-22-12-19(5-8-25(22)33-14-16-2-1-3-18(28)10-16)32-26-21-11-17(4-7-23(21)30-15-31-26)24-9-6-20(13-29)34-24/h1-12,15H,13-14,29H2,(H,30,31,32). The molecule has 5 aromatic rings. The van der Waals surface area contributed by atoms with Gasteiger partial charge in [0, 0.05) is 16.6 Å². The largest absolute Gasteiger partial charge is 0.487 e. The third kappa shape index (κ3) is 4.71. The minimum atomic E-state index is -0.307. The first-order chi connectivity index (χ1) is 16.6. The van der Waals surface area contributed by atoms with E-state index in [0.717, 1.165) is 33.5 Å². The summed E-state index contributed by atoms with van der Waals surface area (Å²) in [5.41, 5.74) is 8.79. The van der Waals surface area contributed by atoms with Crippen LogP contribution in [-0.2, 0) is 13.2 Å². The highest BCUT2D eigenvalue weighted by molar-refractivity contribution is 6.32. The van der Waals surface area contributed by atoms with Crippen molar-refractivity contribution in [3.8, 4) is 17.1 Å². The molecule has 0 saturated carbocycles. The first kappa shape index (κ1) is 21.9. The Morgan fingerprint density at radius 3 is 2.71 bits per heavy atom. The van der Waals surface area contributed by atoms with Gasteiger partial charge in [-0.25, -0.2) is 14.4 Å². The number of fused-ring (bicyclic) bond motifs is 1. The fourth-order valence-corrected chi connectivity index (χ4v) is 3.81. The van der Waals surface area contributed by atoms with E-state index in [4.69, 9.17) is 26.5 Å². The second-order valence-electron chi connectivity index (χ2n) is 7.61. The lowest BCUT2D eigenvalue weighted by Gasteiger charge is -2.12. The van der Waals surface area contributed by atoms with E-state index < -0.39 is 0 Å². The molecule has 8 heteroatoms. The third-order valence-electron chi connectivity index (χ3n) is 5.26. The van der Waals surface area contributed by atoms with E-state index >= 15 is 0 Å². The van der Waals surface area contributed by atoms with Gasteiger partial charge in [-0.3, -0.25) is 0 Å². The molecule has 0 saturated heterocycles. The molecule has 0 atom stereocenters. The number of rotatable bonds is 7. The number of aromatic nitrogens is 2. The van der Waals surface area contributed by atoms with Gasteiger partial charge in [-0.1, -0.05) is 23.7 Å². The summed E-state index contributed by atoms with van der Waals surface area (Å²) in [7, 11) is 0. The van der Waals surface area contributed by atoms with Crippen molar-refractivity contribution in [2.24, 2.45) is 5.73 Å². The Morgan fingerprint density at radius 2 is 1.91 bits per heavy atom. The molecule has 0 aliphatic carbocycles. The molecule has 0 spiro atoms. The van der Waals surface area contributed by atoms with E-state index in [2.05, 4.69) is 15.3 Å². The molecule has 6 nitrogen and oxygen atoms in total. The Labute approximate surface area is 200 Å². The van der Waals surface area contributed by atoms with E-state index in [0.29, 0.717) is 28.9 Å². The topological polar surface area (TPSA) is 86.2 Å². The zero-order valence-electron chi connectivity index (χ0n) is 18.0. The van der Waals surface area contributed by atoms with Crippen molar-refractivity contribution in [3.05, 3.63) is 101 Å². The molecule has 0 fully saturated rings. The molecule has 3 aromatic carbocycles. The van der Waals surface area contributed by atoms with Crippen molar-refractivity contribution in [2.45, 2.75) is 13.2 Å². The highest BCUT2D eigenvalue weighted by Crippen LogP contribution is 2.32. The fourth-order valence-electron chi connectivity index (χ4n) is 3.57. The second kappa shape index (κ2) is 9.51. The predicted molar refractivity (Wildman–Crippen MR) is 131 cm³/mol. The van der Waals surface area contributed by atoms with Gasteiger partial charge < -0.3 is 20.2 Å². The Balaban J connectivity index is 1.38. The van der Waals surface area contributed by atoms with Gasteiger partial charge >= 0.3 is 0 Å². The van der Waals surface area contributed by atoms with Crippen LogP contribution in [-0.4, -0.2) is 9.97 Å². The molecule has 0 radical (unpaired) electrons. The molecule has 5 rings (SSSR count). The Kier molecular flexibility index (Phi) is 6.12. The average Bonchev–Trinajstić information content (AvgIpc) is 3.33. The van der Waals surface area contributed by atoms with E-state index in [1.807, 2.05) is 36.4 Å². The van der Waals surface area contributed by atoms with Crippen molar-refractivity contribution in [1.82, 2.24) is 9.97 Å². The van der Waals surface area contributed by atoms with Crippen LogP contribution in [0.1, 0.15) is 11.3 Å². The summed E-state index contributed by atoms with van der Waals surface area (Å²) in [5.74, 6) is 2.26. The van der Waals surface area contributed by atoms with Gasteiger partial charge in [0.1, 0.15) is 41.8 Å². The van der Waals surface area contributed by atoms with E-state index in [1.165, 1.54) is 18.5 Å². The molecular formula is C26H20ClFN4O2. The van der Waals surface area contributed by atoms with Gasteiger partial charge in [-0.05, 0) is 66.2 Å². The van der Waals surface area contributed by atoms with Crippen LogP contribution in [0.5, 0.6) is 5.75 Å². The Hall–Kier alpha value is -3.94. The first-order valence-corrected chi connectivity index (χ1v) is 10.9. The van der Waals surface area contributed by atoms with Gasteiger partial charge in [0.15, 0.2) is 0 Å². The Morgan fingerprint density at radius 1 is 1.00 bits per heavy atom. The Bertz CT molecular complexity index is 1470. The molecule has 2 aromatic heterocycles. The van der Waals surface area contributed by atoms with Crippen LogP contribution < -0.4 is 15.8 Å². The number of benzene rings is 3.